The second-order valence-electron chi connectivity index (χ2n) is 5.26. The molecule has 6 nitrogen and oxygen atoms in total. The van der Waals surface area contributed by atoms with Crippen molar-refractivity contribution in [1.29, 1.82) is 0 Å². The monoisotopic (exact) mass is 254 g/mol. The summed E-state index contributed by atoms with van der Waals surface area (Å²) < 4.78 is 0. The molecule has 1 aliphatic heterocycles. The van der Waals surface area contributed by atoms with Crippen LogP contribution in [0.5, 0.6) is 0 Å². The lowest BCUT2D eigenvalue weighted by atomic mass is 10.2. The molecule has 18 heavy (non-hydrogen) atoms. The van der Waals surface area contributed by atoms with Crippen LogP contribution in [0.4, 0.5) is 0 Å². The van der Waals surface area contributed by atoms with Gasteiger partial charge in [-0.3, -0.25) is 14.4 Å². The van der Waals surface area contributed by atoms with Crippen LogP contribution >= 0.6 is 0 Å². The standard InChI is InChI=1S/C12H18N2O4/c1-6(2)14-4-3-9(11(14)16)13-10(15)7-5-8(7)12(17)18/h6-9H,3-5H2,1-2H3,(H,13,15)(H,17,18). The summed E-state index contributed by atoms with van der Waals surface area (Å²) in [4.78, 5) is 36.1. The Morgan fingerprint density at radius 1 is 1.39 bits per heavy atom. The van der Waals surface area contributed by atoms with E-state index in [1.54, 1.807) is 4.90 Å². The van der Waals surface area contributed by atoms with Crippen molar-refractivity contribution in [2.75, 3.05) is 6.54 Å². The number of hydrogen-bond donors (Lipinski definition) is 2. The number of nitrogens with zero attached hydrogens (tertiary/aromatic N) is 1. The maximum atomic E-state index is 11.9. The van der Waals surface area contributed by atoms with Crippen LogP contribution in [0, 0.1) is 11.8 Å². The molecule has 2 amide bonds. The summed E-state index contributed by atoms with van der Waals surface area (Å²) in [7, 11) is 0. The van der Waals surface area contributed by atoms with E-state index in [0.29, 0.717) is 19.4 Å². The molecular formula is C12H18N2O4. The van der Waals surface area contributed by atoms with Crippen LogP contribution in [0.1, 0.15) is 26.7 Å². The molecule has 2 rings (SSSR count). The van der Waals surface area contributed by atoms with E-state index < -0.39 is 23.8 Å². The average molecular weight is 254 g/mol. The van der Waals surface area contributed by atoms with Gasteiger partial charge in [0, 0.05) is 12.6 Å². The molecule has 100 valence electrons. The second-order valence-corrected chi connectivity index (χ2v) is 5.26. The molecule has 0 aromatic carbocycles. The van der Waals surface area contributed by atoms with Crippen molar-refractivity contribution in [3.63, 3.8) is 0 Å². The van der Waals surface area contributed by atoms with Gasteiger partial charge >= 0.3 is 5.97 Å². The number of hydrogen-bond acceptors (Lipinski definition) is 3. The van der Waals surface area contributed by atoms with Crippen molar-refractivity contribution < 1.29 is 19.5 Å². The number of likely N-dealkylation sites (tertiary alicyclic amines) is 1. The van der Waals surface area contributed by atoms with Gasteiger partial charge in [0.1, 0.15) is 6.04 Å². The van der Waals surface area contributed by atoms with E-state index in [4.69, 9.17) is 5.11 Å². The van der Waals surface area contributed by atoms with E-state index in [-0.39, 0.29) is 17.9 Å². The minimum absolute atomic E-state index is 0.0640. The number of aliphatic carboxylic acids is 1. The highest BCUT2D eigenvalue weighted by molar-refractivity contribution is 5.93. The number of amides is 2. The Kier molecular flexibility index (Phi) is 3.28. The van der Waals surface area contributed by atoms with Gasteiger partial charge in [0.15, 0.2) is 0 Å². The number of carboxylic acid groups (broad SMARTS) is 1. The molecule has 2 aliphatic rings. The summed E-state index contributed by atoms with van der Waals surface area (Å²) in [5.74, 6) is -2.32. The fourth-order valence-corrected chi connectivity index (χ4v) is 2.39. The van der Waals surface area contributed by atoms with E-state index >= 15 is 0 Å². The zero-order valence-electron chi connectivity index (χ0n) is 10.5. The Labute approximate surface area is 105 Å². The first-order valence-electron chi connectivity index (χ1n) is 6.25. The first-order valence-corrected chi connectivity index (χ1v) is 6.25. The maximum absolute atomic E-state index is 11.9. The van der Waals surface area contributed by atoms with Crippen LogP contribution in [0.3, 0.4) is 0 Å². The zero-order chi connectivity index (χ0) is 13.4. The summed E-state index contributed by atoms with van der Waals surface area (Å²) in [5.41, 5.74) is 0. The van der Waals surface area contributed by atoms with Crippen molar-refractivity contribution in [3.05, 3.63) is 0 Å². The third-order valence-electron chi connectivity index (χ3n) is 3.62. The fraction of sp³-hybridized carbons (Fsp3) is 0.750. The molecular weight excluding hydrogens is 236 g/mol. The average Bonchev–Trinajstić information content (AvgIpc) is 3.00. The Balaban J connectivity index is 1.86. The highest BCUT2D eigenvalue weighted by atomic mass is 16.4. The van der Waals surface area contributed by atoms with Crippen molar-refractivity contribution >= 4 is 17.8 Å². The Bertz CT molecular complexity index is 394. The minimum Gasteiger partial charge on any atom is -0.481 e. The van der Waals surface area contributed by atoms with Crippen molar-refractivity contribution in [2.45, 2.75) is 38.8 Å². The lowest BCUT2D eigenvalue weighted by Crippen LogP contribution is -2.44. The van der Waals surface area contributed by atoms with Gasteiger partial charge in [-0.2, -0.15) is 0 Å². The first kappa shape index (κ1) is 12.9. The number of carbonyl (C=O) groups is 3. The molecule has 0 aromatic heterocycles. The predicted molar refractivity (Wildman–Crippen MR) is 62.6 cm³/mol. The quantitative estimate of drug-likeness (QED) is 0.729. The Morgan fingerprint density at radius 3 is 2.50 bits per heavy atom. The van der Waals surface area contributed by atoms with Crippen molar-refractivity contribution in [1.82, 2.24) is 10.2 Å². The molecule has 2 N–H and O–H groups in total. The molecule has 1 saturated heterocycles. The van der Waals surface area contributed by atoms with Crippen LogP contribution in [-0.4, -0.2) is 46.4 Å². The highest BCUT2D eigenvalue weighted by Gasteiger charge is 2.49. The van der Waals surface area contributed by atoms with E-state index in [1.807, 2.05) is 13.8 Å². The lowest BCUT2D eigenvalue weighted by molar-refractivity contribution is -0.140. The fourth-order valence-electron chi connectivity index (χ4n) is 2.39. The number of carboxylic acids is 1. The third-order valence-corrected chi connectivity index (χ3v) is 3.62. The number of nitrogens with one attached hydrogen (secondary N) is 1. The third kappa shape index (κ3) is 2.32. The van der Waals surface area contributed by atoms with Gasteiger partial charge in [-0.05, 0) is 26.7 Å². The topological polar surface area (TPSA) is 86.7 Å². The minimum atomic E-state index is -0.934. The van der Waals surface area contributed by atoms with Crippen LogP contribution in [0.2, 0.25) is 0 Å². The van der Waals surface area contributed by atoms with E-state index in [0.717, 1.165) is 0 Å². The van der Waals surface area contributed by atoms with Crippen LogP contribution in [0.25, 0.3) is 0 Å². The van der Waals surface area contributed by atoms with Crippen LogP contribution in [0.15, 0.2) is 0 Å². The summed E-state index contributed by atoms with van der Waals surface area (Å²) in [6.45, 7) is 4.52. The molecule has 0 spiro atoms. The Morgan fingerprint density at radius 2 is 2.06 bits per heavy atom. The van der Waals surface area contributed by atoms with Crippen molar-refractivity contribution in [2.24, 2.45) is 11.8 Å². The molecule has 0 bridgehead atoms. The first-order chi connectivity index (χ1) is 8.41. The Hall–Kier alpha value is -1.59. The summed E-state index contributed by atoms with van der Waals surface area (Å²) in [6, 6.07) is -0.345. The predicted octanol–water partition coefficient (Wildman–Crippen LogP) is -0.167. The van der Waals surface area contributed by atoms with Gasteiger partial charge in [0.05, 0.1) is 11.8 Å². The largest absolute Gasteiger partial charge is 0.481 e. The molecule has 6 heteroatoms. The molecule has 0 aromatic rings. The smallest absolute Gasteiger partial charge is 0.307 e. The molecule has 3 atom stereocenters. The summed E-state index contributed by atoms with van der Waals surface area (Å²) >= 11 is 0. The van der Waals surface area contributed by atoms with Gasteiger partial charge < -0.3 is 15.3 Å². The molecule has 3 unspecified atom stereocenters. The second kappa shape index (κ2) is 4.59. The van der Waals surface area contributed by atoms with Crippen molar-refractivity contribution in [3.8, 4) is 0 Å². The molecule has 1 aliphatic carbocycles. The normalized spacial score (nSPS) is 30.7. The number of carbonyl (C=O) groups excluding carboxylic acids is 2. The molecule has 1 saturated carbocycles. The van der Waals surface area contributed by atoms with Gasteiger partial charge in [0.25, 0.3) is 0 Å². The SMILES string of the molecule is CC(C)N1CCC(NC(=O)C2CC2C(=O)O)C1=O. The molecule has 0 radical (unpaired) electrons. The molecule has 1 heterocycles. The number of rotatable bonds is 4. The maximum Gasteiger partial charge on any atom is 0.307 e. The lowest BCUT2D eigenvalue weighted by Gasteiger charge is -2.21. The van der Waals surface area contributed by atoms with E-state index in [1.165, 1.54) is 0 Å². The van der Waals surface area contributed by atoms with Crippen LogP contribution < -0.4 is 5.32 Å². The molecule has 2 fully saturated rings. The van der Waals surface area contributed by atoms with Gasteiger partial charge in [-0.1, -0.05) is 0 Å². The van der Waals surface area contributed by atoms with Gasteiger partial charge in [0.2, 0.25) is 11.8 Å². The summed E-state index contributed by atoms with van der Waals surface area (Å²) in [6.07, 6.45) is 0.989. The highest BCUT2D eigenvalue weighted by Crippen LogP contribution is 2.38. The zero-order valence-corrected chi connectivity index (χ0v) is 10.5. The van der Waals surface area contributed by atoms with E-state index in [9.17, 15) is 14.4 Å². The van der Waals surface area contributed by atoms with Crippen LogP contribution in [-0.2, 0) is 14.4 Å². The van der Waals surface area contributed by atoms with Gasteiger partial charge in [-0.25, -0.2) is 0 Å². The van der Waals surface area contributed by atoms with E-state index in [2.05, 4.69) is 5.32 Å². The van der Waals surface area contributed by atoms with Gasteiger partial charge in [-0.15, -0.1) is 0 Å². The summed E-state index contributed by atoms with van der Waals surface area (Å²) in [5, 5.41) is 11.4.